The molecule has 0 radical (unpaired) electrons. The average molecular weight is 613 g/mol. The Hall–Kier alpha value is -4.70. The number of hydrogen-bond donors (Lipinski definition) is 3. The molecular formula is C26H22F7N7O3. The fourth-order valence-electron chi connectivity index (χ4n) is 5.26. The average Bonchev–Trinajstić information content (AvgIpc) is 2.92. The maximum absolute atomic E-state index is 15.3. The lowest BCUT2D eigenvalue weighted by atomic mass is 9.85. The van der Waals surface area contributed by atoms with E-state index in [-0.39, 0.29) is 17.8 Å². The number of benzene rings is 1. The SMILES string of the molecule is Nc1nc(-c2cc3ccn(CC4CCC[C@H](Nc5cn[nH]c(=O)c5C(F)(F)F)C4)c(=O)c3c(F)c2F)ncc1OC(F)F. The number of nitrogens with zero attached hydrogens (tertiary/aromatic N) is 4. The van der Waals surface area contributed by atoms with Gasteiger partial charge in [0.1, 0.15) is 5.56 Å². The van der Waals surface area contributed by atoms with Gasteiger partial charge in [-0.25, -0.2) is 23.8 Å². The molecule has 0 spiro atoms. The van der Waals surface area contributed by atoms with Gasteiger partial charge in [0.15, 0.2) is 29.0 Å². The number of nitrogen functional groups attached to an aromatic ring is 1. The first-order valence-electron chi connectivity index (χ1n) is 12.8. The van der Waals surface area contributed by atoms with E-state index in [1.165, 1.54) is 16.8 Å². The van der Waals surface area contributed by atoms with Crippen LogP contribution in [0, 0.1) is 17.6 Å². The van der Waals surface area contributed by atoms with Gasteiger partial charge in [0.2, 0.25) is 0 Å². The van der Waals surface area contributed by atoms with E-state index in [9.17, 15) is 31.5 Å². The lowest BCUT2D eigenvalue weighted by Crippen LogP contribution is -2.33. The molecule has 5 rings (SSSR count). The molecule has 1 saturated carbocycles. The fourth-order valence-corrected chi connectivity index (χ4v) is 5.26. The van der Waals surface area contributed by atoms with Crippen LogP contribution in [0.2, 0.25) is 0 Å². The van der Waals surface area contributed by atoms with Crippen LogP contribution in [0.15, 0.2) is 40.3 Å². The van der Waals surface area contributed by atoms with Crippen LogP contribution in [0.4, 0.5) is 42.2 Å². The highest BCUT2D eigenvalue weighted by Gasteiger charge is 2.38. The standard InChI is InChI=1S/C26H22F7N7O3/c27-19-14(22-35-9-16(21(34)38-22)43-25(29)30)7-12-4-5-40(24(42)17(12)20(19)28)10-11-2-1-3-13(6-11)37-15-8-36-39-23(41)18(15)26(31,32)33/h4-5,7-9,11,13,25H,1-3,6,10H2,(H2,34,35,38)(H2,37,39,41)/t11?,13-/m0/s1. The highest BCUT2D eigenvalue weighted by atomic mass is 19.4. The molecule has 1 aliphatic rings. The van der Waals surface area contributed by atoms with Gasteiger partial charge in [-0.1, -0.05) is 6.42 Å². The van der Waals surface area contributed by atoms with E-state index in [1.807, 2.05) is 0 Å². The summed E-state index contributed by atoms with van der Waals surface area (Å²) >= 11 is 0. The number of ether oxygens (including phenoxy) is 1. The fraction of sp³-hybridized carbons (Fsp3) is 0.346. The second-order valence-electron chi connectivity index (χ2n) is 9.97. The van der Waals surface area contributed by atoms with Gasteiger partial charge in [-0.15, -0.1) is 0 Å². The Bertz CT molecular complexity index is 1790. The number of fused-ring (bicyclic) bond motifs is 1. The number of alkyl halides is 5. The molecular weight excluding hydrogens is 591 g/mol. The zero-order valence-corrected chi connectivity index (χ0v) is 21.9. The molecule has 1 aromatic carbocycles. The molecule has 3 heterocycles. The van der Waals surface area contributed by atoms with Crippen molar-refractivity contribution in [1.29, 1.82) is 0 Å². The molecule has 17 heteroatoms. The van der Waals surface area contributed by atoms with E-state index >= 15 is 8.78 Å². The summed E-state index contributed by atoms with van der Waals surface area (Å²) in [7, 11) is 0. The van der Waals surface area contributed by atoms with Gasteiger partial charge >= 0.3 is 12.8 Å². The molecule has 4 N–H and O–H groups in total. The summed E-state index contributed by atoms with van der Waals surface area (Å²) in [4.78, 5) is 32.4. The summed E-state index contributed by atoms with van der Waals surface area (Å²) in [6.45, 7) is -3.14. The van der Waals surface area contributed by atoms with Crippen molar-refractivity contribution in [3.63, 3.8) is 0 Å². The molecule has 10 nitrogen and oxygen atoms in total. The highest BCUT2D eigenvalue weighted by molar-refractivity contribution is 5.86. The largest absolute Gasteiger partial charge is 0.429 e. The Morgan fingerprint density at radius 3 is 2.63 bits per heavy atom. The van der Waals surface area contributed by atoms with Crippen molar-refractivity contribution in [2.24, 2.45) is 5.92 Å². The third-order valence-electron chi connectivity index (χ3n) is 7.12. The number of nitrogens with one attached hydrogen (secondary N) is 2. The molecule has 1 unspecified atom stereocenters. The van der Waals surface area contributed by atoms with Gasteiger partial charge in [-0.05, 0) is 42.7 Å². The van der Waals surface area contributed by atoms with Crippen LogP contribution in [0.1, 0.15) is 31.2 Å². The second-order valence-corrected chi connectivity index (χ2v) is 9.97. The van der Waals surface area contributed by atoms with E-state index < -0.39 is 81.2 Å². The molecule has 3 aromatic heterocycles. The normalized spacial score (nSPS) is 17.4. The van der Waals surface area contributed by atoms with E-state index in [2.05, 4.69) is 25.1 Å². The molecule has 0 amide bonds. The summed E-state index contributed by atoms with van der Waals surface area (Å²) in [5.74, 6) is -4.68. The number of aromatic nitrogens is 5. The minimum atomic E-state index is -4.91. The predicted molar refractivity (Wildman–Crippen MR) is 139 cm³/mol. The molecule has 4 aromatic rings. The summed E-state index contributed by atoms with van der Waals surface area (Å²) in [6.07, 6.45) is 0.174. The van der Waals surface area contributed by atoms with Crippen molar-refractivity contribution in [1.82, 2.24) is 24.7 Å². The first-order chi connectivity index (χ1) is 20.3. The van der Waals surface area contributed by atoms with Crippen LogP contribution >= 0.6 is 0 Å². The molecule has 1 aliphatic carbocycles. The summed E-state index contributed by atoms with van der Waals surface area (Å²) in [5.41, 5.74) is 1.04. The first-order valence-corrected chi connectivity index (χ1v) is 12.8. The molecule has 0 aliphatic heterocycles. The van der Waals surface area contributed by atoms with E-state index in [1.54, 1.807) is 5.10 Å². The number of H-pyrrole nitrogens is 1. The van der Waals surface area contributed by atoms with Gasteiger partial charge in [0, 0.05) is 18.8 Å². The first kappa shape index (κ1) is 29.8. The zero-order chi connectivity index (χ0) is 31.1. The number of aromatic amines is 1. The van der Waals surface area contributed by atoms with E-state index in [0.29, 0.717) is 25.7 Å². The van der Waals surface area contributed by atoms with Gasteiger partial charge in [-0.3, -0.25) is 9.59 Å². The van der Waals surface area contributed by atoms with Gasteiger partial charge in [-0.2, -0.15) is 27.1 Å². The number of nitrogens with two attached hydrogens (primary N) is 1. The van der Waals surface area contributed by atoms with Crippen molar-refractivity contribution in [2.45, 2.75) is 51.1 Å². The van der Waals surface area contributed by atoms with Crippen molar-refractivity contribution in [3.05, 3.63) is 68.6 Å². The zero-order valence-electron chi connectivity index (χ0n) is 21.9. The second kappa shape index (κ2) is 11.5. The summed E-state index contributed by atoms with van der Waals surface area (Å²) in [5, 5.41) is 7.43. The molecule has 1 fully saturated rings. The Morgan fingerprint density at radius 2 is 1.93 bits per heavy atom. The lowest BCUT2D eigenvalue weighted by Gasteiger charge is -2.31. The minimum absolute atomic E-state index is 0.00916. The third kappa shape index (κ3) is 6.10. The molecule has 228 valence electrons. The third-order valence-corrected chi connectivity index (χ3v) is 7.12. The maximum Gasteiger partial charge on any atom is 0.423 e. The van der Waals surface area contributed by atoms with Crippen LogP contribution in [0.25, 0.3) is 22.2 Å². The Morgan fingerprint density at radius 1 is 1.16 bits per heavy atom. The summed E-state index contributed by atoms with van der Waals surface area (Å²) < 4.78 is 101. The Labute approximate surface area is 236 Å². The monoisotopic (exact) mass is 613 g/mol. The van der Waals surface area contributed by atoms with Crippen molar-refractivity contribution in [2.75, 3.05) is 11.1 Å². The Balaban J connectivity index is 1.39. The van der Waals surface area contributed by atoms with Crippen LogP contribution in [-0.4, -0.2) is 37.4 Å². The smallest absolute Gasteiger partial charge is 0.423 e. The number of anilines is 2. The number of hydrogen-bond acceptors (Lipinski definition) is 8. The van der Waals surface area contributed by atoms with Gasteiger partial charge in [0.05, 0.1) is 29.0 Å². The predicted octanol–water partition coefficient (Wildman–Crippen LogP) is 4.69. The molecule has 2 atom stereocenters. The Kier molecular flexibility index (Phi) is 7.98. The number of halogens is 7. The number of pyridine rings is 1. The van der Waals surface area contributed by atoms with Crippen molar-refractivity contribution >= 4 is 22.3 Å². The van der Waals surface area contributed by atoms with Crippen LogP contribution in [0.3, 0.4) is 0 Å². The quantitative estimate of drug-likeness (QED) is 0.255. The number of rotatable bonds is 7. The molecule has 0 bridgehead atoms. The van der Waals surface area contributed by atoms with Crippen molar-refractivity contribution in [3.8, 4) is 17.1 Å². The lowest BCUT2D eigenvalue weighted by molar-refractivity contribution is -0.138. The topological polar surface area (TPSA) is 141 Å². The molecule has 0 saturated heterocycles. The molecule has 43 heavy (non-hydrogen) atoms. The highest BCUT2D eigenvalue weighted by Crippen LogP contribution is 2.35. The van der Waals surface area contributed by atoms with E-state index in [4.69, 9.17) is 5.73 Å². The minimum Gasteiger partial charge on any atom is -0.429 e. The summed E-state index contributed by atoms with van der Waals surface area (Å²) in [6, 6.07) is 2.02. The van der Waals surface area contributed by atoms with Gasteiger partial charge in [0.25, 0.3) is 11.1 Å². The van der Waals surface area contributed by atoms with Crippen molar-refractivity contribution < 1.29 is 35.5 Å². The van der Waals surface area contributed by atoms with Crippen LogP contribution < -0.4 is 26.9 Å². The van der Waals surface area contributed by atoms with E-state index in [0.717, 1.165) is 18.5 Å². The van der Waals surface area contributed by atoms with Gasteiger partial charge < -0.3 is 20.4 Å². The maximum atomic E-state index is 15.3. The van der Waals surface area contributed by atoms with Crippen LogP contribution in [-0.2, 0) is 12.7 Å². The van der Waals surface area contributed by atoms with Crippen LogP contribution in [0.5, 0.6) is 5.75 Å².